The van der Waals surface area contributed by atoms with E-state index in [2.05, 4.69) is 34.9 Å². The average molecular weight is 483 g/mol. The van der Waals surface area contributed by atoms with E-state index in [1.165, 1.54) is 0 Å². The largest absolute Gasteiger partial charge is 0.481 e. The van der Waals surface area contributed by atoms with Gasteiger partial charge in [-0.25, -0.2) is 4.79 Å². The number of fused-ring (bicyclic) bond motifs is 3. The Morgan fingerprint density at radius 2 is 1.57 bits per heavy atom. The van der Waals surface area contributed by atoms with Crippen molar-refractivity contribution >= 4 is 18.0 Å². The molecule has 188 valence electrons. The van der Waals surface area contributed by atoms with E-state index in [-0.39, 0.29) is 50.0 Å². The molecular formula is C27H34N2O6. The molecule has 1 atom stereocenters. The second-order valence-electron chi connectivity index (χ2n) is 9.83. The molecule has 1 unspecified atom stereocenters. The number of hydrogen-bond acceptors (Lipinski definition) is 5. The Labute approximate surface area is 206 Å². The maximum atomic E-state index is 12.8. The molecule has 0 bridgehead atoms. The van der Waals surface area contributed by atoms with Crippen molar-refractivity contribution in [1.82, 2.24) is 10.6 Å². The second kappa shape index (κ2) is 11.8. The van der Waals surface area contributed by atoms with E-state index in [0.29, 0.717) is 6.42 Å². The van der Waals surface area contributed by atoms with Gasteiger partial charge in [-0.2, -0.15) is 0 Å². The van der Waals surface area contributed by atoms with Crippen LogP contribution in [0.5, 0.6) is 0 Å². The van der Waals surface area contributed by atoms with Crippen molar-refractivity contribution in [2.24, 2.45) is 5.41 Å². The Morgan fingerprint density at radius 1 is 0.971 bits per heavy atom. The van der Waals surface area contributed by atoms with Crippen molar-refractivity contribution in [3.63, 3.8) is 0 Å². The van der Waals surface area contributed by atoms with Gasteiger partial charge in [-0.1, -0.05) is 69.3 Å². The monoisotopic (exact) mass is 482 g/mol. The number of carbonyl (C=O) groups excluding carboxylic acids is 2. The molecule has 0 spiro atoms. The summed E-state index contributed by atoms with van der Waals surface area (Å²) in [6.45, 7) is 6.61. The lowest BCUT2D eigenvalue weighted by Crippen LogP contribution is -2.49. The van der Waals surface area contributed by atoms with Gasteiger partial charge in [-0.05, 0) is 34.1 Å². The Kier molecular flexibility index (Phi) is 8.87. The Morgan fingerprint density at radius 3 is 2.14 bits per heavy atom. The maximum Gasteiger partial charge on any atom is 0.407 e. The fourth-order valence-electron chi connectivity index (χ4n) is 4.24. The molecule has 0 heterocycles. The molecule has 0 saturated heterocycles. The van der Waals surface area contributed by atoms with Gasteiger partial charge < -0.3 is 25.2 Å². The van der Waals surface area contributed by atoms with Crippen LogP contribution in [0.2, 0.25) is 0 Å². The Hall–Kier alpha value is -3.39. The van der Waals surface area contributed by atoms with E-state index in [1.54, 1.807) is 0 Å². The summed E-state index contributed by atoms with van der Waals surface area (Å²) in [5.74, 6) is -1.34. The lowest BCUT2D eigenvalue weighted by Gasteiger charge is -2.26. The van der Waals surface area contributed by atoms with Gasteiger partial charge in [0.2, 0.25) is 5.91 Å². The van der Waals surface area contributed by atoms with E-state index in [4.69, 9.17) is 14.6 Å². The van der Waals surface area contributed by atoms with Crippen molar-refractivity contribution in [1.29, 1.82) is 0 Å². The van der Waals surface area contributed by atoms with Crippen molar-refractivity contribution in [2.75, 3.05) is 26.4 Å². The minimum absolute atomic E-state index is 0.0639. The molecule has 1 aliphatic rings. The predicted octanol–water partition coefficient (Wildman–Crippen LogP) is 3.94. The number of carbonyl (C=O) groups is 3. The van der Waals surface area contributed by atoms with Gasteiger partial charge in [0.25, 0.3) is 0 Å². The third kappa shape index (κ3) is 7.55. The lowest BCUT2D eigenvalue weighted by atomic mass is 9.88. The van der Waals surface area contributed by atoms with Crippen molar-refractivity contribution < 1.29 is 29.0 Å². The van der Waals surface area contributed by atoms with E-state index in [1.807, 2.05) is 45.0 Å². The number of carboxylic acids is 1. The zero-order valence-corrected chi connectivity index (χ0v) is 20.5. The number of alkyl carbamates (subject to hydrolysis) is 1. The predicted molar refractivity (Wildman–Crippen MR) is 132 cm³/mol. The van der Waals surface area contributed by atoms with Crippen LogP contribution in [0.4, 0.5) is 4.79 Å². The molecule has 8 nitrogen and oxygen atoms in total. The molecule has 35 heavy (non-hydrogen) atoms. The van der Waals surface area contributed by atoms with Crippen molar-refractivity contribution in [3.8, 4) is 11.1 Å². The lowest BCUT2D eigenvalue weighted by molar-refractivity contribution is -0.138. The van der Waals surface area contributed by atoms with Gasteiger partial charge in [-0.15, -0.1) is 0 Å². The summed E-state index contributed by atoms with van der Waals surface area (Å²) >= 11 is 0. The summed E-state index contributed by atoms with van der Waals surface area (Å²) in [7, 11) is 0. The number of benzene rings is 2. The summed E-state index contributed by atoms with van der Waals surface area (Å²) in [5, 5.41) is 14.1. The smallest absolute Gasteiger partial charge is 0.407 e. The summed E-state index contributed by atoms with van der Waals surface area (Å²) in [5.41, 5.74) is 4.32. The Bertz CT molecular complexity index is 1000. The summed E-state index contributed by atoms with van der Waals surface area (Å²) < 4.78 is 10.8. The summed E-state index contributed by atoms with van der Waals surface area (Å²) in [4.78, 5) is 36.0. The van der Waals surface area contributed by atoms with E-state index in [0.717, 1.165) is 22.3 Å². The molecule has 0 aliphatic heterocycles. The summed E-state index contributed by atoms with van der Waals surface area (Å²) in [6, 6.07) is 15.4. The molecule has 3 rings (SSSR count). The minimum Gasteiger partial charge on any atom is -0.481 e. The van der Waals surface area contributed by atoms with Crippen molar-refractivity contribution in [3.05, 3.63) is 59.7 Å². The third-order valence-corrected chi connectivity index (χ3v) is 5.77. The van der Waals surface area contributed by atoms with Crippen LogP contribution in [0.1, 0.15) is 50.7 Å². The highest BCUT2D eigenvalue weighted by Crippen LogP contribution is 2.44. The number of hydrogen-bond donors (Lipinski definition) is 3. The van der Waals surface area contributed by atoms with Gasteiger partial charge in [0.05, 0.1) is 19.6 Å². The van der Waals surface area contributed by atoms with Crippen molar-refractivity contribution in [2.45, 2.75) is 45.6 Å². The van der Waals surface area contributed by atoms with Gasteiger partial charge in [-0.3, -0.25) is 9.59 Å². The number of ether oxygens (including phenoxy) is 2. The van der Waals surface area contributed by atoms with Crippen LogP contribution >= 0.6 is 0 Å². The highest BCUT2D eigenvalue weighted by Gasteiger charge is 2.30. The Balaban J connectivity index is 1.56. The zero-order chi connectivity index (χ0) is 25.4. The first-order chi connectivity index (χ1) is 16.7. The maximum absolute atomic E-state index is 12.8. The average Bonchev–Trinajstić information content (AvgIpc) is 3.12. The van der Waals surface area contributed by atoms with Gasteiger partial charge in [0, 0.05) is 12.5 Å². The van der Waals surface area contributed by atoms with Crippen LogP contribution in [-0.2, 0) is 19.1 Å². The molecule has 2 aromatic rings. The molecule has 0 saturated carbocycles. The van der Waals surface area contributed by atoms with Gasteiger partial charge in [0.1, 0.15) is 12.6 Å². The molecular weight excluding hydrogens is 448 g/mol. The second-order valence-corrected chi connectivity index (χ2v) is 9.83. The number of carboxylic acid groups (broad SMARTS) is 1. The standard InChI is InChI=1S/C27H34N2O6/c1-27(2,3)16-23(25(32)28-13-15-34-14-12-24(30)31)29-26(33)35-17-22-20-10-6-4-8-18(20)19-9-5-7-11-21(19)22/h4-11,22-23H,12-17H2,1-3H3,(H,28,32)(H,29,33)(H,30,31). The topological polar surface area (TPSA) is 114 Å². The SMILES string of the molecule is CC(C)(C)CC(NC(=O)OCC1c2ccccc2-c2ccccc21)C(=O)NCCOCCC(=O)O. The zero-order valence-electron chi connectivity index (χ0n) is 20.5. The van der Waals surface area contributed by atoms with Crippen LogP contribution in [0.25, 0.3) is 11.1 Å². The molecule has 0 fully saturated rings. The first-order valence-electron chi connectivity index (χ1n) is 11.8. The highest BCUT2D eigenvalue weighted by molar-refractivity contribution is 5.85. The first kappa shape index (κ1) is 26.2. The molecule has 1 aliphatic carbocycles. The highest BCUT2D eigenvalue weighted by atomic mass is 16.5. The van der Waals surface area contributed by atoms with Crippen LogP contribution in [0.15, 0.2) is 48.5 Å². The van der Waals surface area contributed by atoms with Crippen LogP contribution in [0.3, 0.4) is 0 Å². The summed E-state index contributed by atoms with van der Waals surface area (Å²) in [6.07, 6.45) is -0.318. The molecule has 8 heteroatoms. The third-order valence-electron chi connectivity index (χ3n) is 5.77. The number of rotatable bonds is 11. The van der Waals surface area contributed by atoms with Gasteiger partial charge in [0.15, 0.2) is 0 Å². The fraction of sp³-hybridized carbons (Fsp3) is 0.444. The van der Waals surface area contributed by atoms with Crippen LogP contribution < -0.4 is 10.6 Å². The number of nitrogens with one attached hydrogen (secondary N) is 2. The van der Waals surface area contributed by atoms with E-state index >= 15 is 0 Å². The quantitative estimate of drug-likeness (QED) is 0.418. The molecule has 0 radical (unpaired) electrons. The molecule has 3 N–H and O–H groups in total. The molecule has 2 amide bonds. The number of aliphatic carboxylic acids is 1. The minimum atomic E-state index is -0.938. The first-order valence-corrected chi connectivity index (χ1v) is 11.8. The van der Waals surface area contributed by atoms with Gasteiger partial charge >= 0.3 is 12.1 Å². The number of amides is 2. The van der Waals surface area contributed by atoms with E-state index in [9.17, 15) is 14.4 Å². The van der Waals surface area contributed by atoms with E-state index < -0.39 is 18.1 Å². The van der Waals surface area contributed by atoms with Crippen LogP contribution in [0, 0.1) is 5.41 Å². The van der Waals surface area contributed by atoms with Crippen LogP contribution in [-0.4, -0.2) is 55.5 Å². The molecule has 0 aromatic heterocycles. The molecule has 2 aromatic carbocycles. The normalized spacial score (nSPS) is 13.5. The fourth-order valence-corrected chi connectivity index (χ4v) is 4.24.